The molecule has 3 N–H and O–H groups in total. The molecule has 3 aromatic rings. The van der Waals surface area contributed by atoms with E-state index in [9.17, 15) is 19.5 Å². The Kier molecular flexibility index (Phi) is 18.1. The van der Waals surface area contributed by atoms with Gasteiger partial charge in [-0.2, -0.15) is 11.8 Å². The average molecular weight is 642 g/mol. The van der Waals surface area contributed by atoms with Gasteiger partial charge in [-0.1, -0.05) is 81.3 Å². The van der Waals surface area contributed by atoms with Gasteiger partial charge < -0.3 is 20.5 Å². The third-order valence-corrected chi connectivity index (χ3v) is 8.44. The maximum absolute atomic E-state index is 12.9. The Balaban J connectivity index is 0.00000159. The number of methoxy groups -OCH3 is 1. The predicted molar refractivity (Wildman–Crippen MR) is 185 cm³/mol. The van der Waals surface area contributed by atoms with Crippen molar-refractivity contribution in [3.8, 4) is 5.75 Å². The Hall–Kier alpha value is -3.21. The highest BCUT2D eigenvalue weighted by atomic mass is 32.2. The van der Waals surface area contributed by atoms with Crippen molar-refractivity contribution in [1.29, 1.82) is 0 Å². The van der Waals surface area contributed by atoms with Gasteiger partial charge in [0.15, 0.2) is 0 Å². The summed E-state index contributed by atoms with van der Waals surface area (Å²) < 4.78 is 5.18. The van der Waals surface area contributed by atoms with Crippen LogP contribution in [-0.2, 0) is 26.7 Å². The van der Waals surface area contributed by atoms with Crippen LogP contribution in [-0.4, -0.2) is 78.3 Å². The summed E-state index contributed by atoms with van der Waals surface area (Å²) in [5.74, 6) is 1.01. The fourth-order valence-corrected chi connectivity index (χ4v) is 5.50. The topological polar surface area (TPSA) is 108 Å². The van der Waals surface area contributed by atoms with Crippen LogP contribution in [0.1, 0.15) is 44.2 Å². The minimum Gasteiger partial charge on any atom is -0.497 e. The molecule has 1 atom stereocenters. The summed E-state index contributed by atoms with van der Waals surface area (Å²) in [5, 5.41) is 17.3. The SMILES string of the molecule is CCCC.COc1ccc(CSCC(=O)NCCN(CC(=O)N[C@@H](CCSC)C(=O)O)Cc2cccc3ccccc23)cc1. The molecule has 8 nitrogen and oxygen atoms in total. The number of carbonyl (C=O) groups is 3. The van der Waals surface area contributed by atoms with Crippen molar-refractivity contribution in [2.75, 3.05) is 44.5 Å². The highest BCUT2D eigenvalue weighted by Gasteiger charge is 2.21. The molecule has 2 amide bonds. The number of ether oxygens (including phenoxy) is 1. The van der Waals surface area contributed by atoms with Gasteiger partial charge in [-0.15, -0.1) is 11.8 Å². The molecule has 3 rings (SSSR count). The van der Waals surface area contributed by atoms with Gasteiger partial charge in [0, 0.05) is 25.4 Å². The number of hydrogen-bond donors (Lipinski definition) is 3. The van der Waals surface area contributed by atoms with E-state index in [4.69, 9.17) is 4.74 Å². The predicted octanol–water partition coefficient (Wildman–Crippen LogP) is 5.83. The first-order valence-corrected chi connectivity index (χ1v) is 17.5. The minimum atomic E-state index is -1.04. The normalized spacial score (nSPS) is 11.4. The maximum Gasteiger partial charge on any atom is 0.326 e. The number of benzene rings is 3. The second-order valence-electron chi connectivity index (χ2n) is 10.3. The van der Waals surface area contributed by atoms with E-state index in [2.05, 4.69) is 24.5 Å². The van der Waals surface area contributed by atoms with Crippen molar-refractivity contribution in [3.63, 3.8) is 0 Å². The molecule has 0 aliphatic carbocycles. The lowest BCUT2D eigenvalue weighted by Crippen LogP contribution is -2.47. The molecule has 0 spiro atoms. The summed E-state index contributed by atoms with van der Waals surface area (Å²) in [4.78, 5) is 38.9. The monoisotopic (exact) mass is 641 g/mol. The molecule has 0 heterocycles. The maximum atomic E-state index is 12.9. The van der Waals surface area contributed by atoms with Gasteiger partial charge in [-0.3, -0.25) is 14.5 Å². The van der Waals surface area contributed by atoms with Gasteiger partial charge in [0.1, 0.15) is 11.8 Å². The second kappa shape index (κ2) is 21.5. The first kappa shape index (κ1) is 37.0. The average Bonchev–Trinajstić information content (AvgIpc) is 3.03. The summed E-state index contributed by atoms with van der Waals surface area (Å²) >= 11 is 3.07. The zero-order chi connectivity index (χ0) is 32.2. The summed E-state index contributed by atoms with van der Waals surface area (Å²) in [6.45, 7) is 5.68. The van der Waals surface area contributed by atoms with E-state index in [0.29, 0.717) is 43.3 Å². The lowest BCUT2D eigenvalue weighted by atomic mass is 10.0. The quantitative estimate of drug-likeness (QED) is 0.159. The van der Waals surface area contributed by atoms with Gasteiger partial charge in [0.05, 0.1) is 19.4 Å². The van der Waals surface area contributed by atoms with Crippen LogP contribution in [0.15, 0.2) is 66.7 Å². The Morgan fingerprint density at radius 3 is 2.32 bits per heavy atom. The van der Waals surface area contributed by atoms with Crippen molar-refractivity contribution in [2.24, 2.45) is 0 Å². The van der Waals surface area contributed by atoms with Gasteiger partial charge in [-0.25, -0.2) is 4.79 Å². The summed E-state index contributed by atoms with van der Waals surface area (Å²) in [5.41, 5.74) is 2.17. The molecule has 0 saturated heterocycles. The molecule has 0 aliphatic rings. The number of carboxylic acid groups (broad SMARTS) is 1. The number of carboxylic acids is 1. The van der Waals surface area contributed by atoms with E-state index in [-0.39, 0.29) is 18.4 Å². The Labute approximate surface area is 270 Å². The van der Waals surface area contributed by atoms with Crippen LogP contribution in [0, 0.1) is 0 Å². The standard InChI is InChI=1S/C30H37N3O5S2.C4H10/c1-38-25-12-10-22(11-13-25)20-40-21-29(35)31-15-16-33(19-28(34)32-27(30(36)37)14-17-39-2)18-24-8-5-7-23-6-3-4-9-26(23)24;1-3-4-2/h3-13,27H,14-21H2,1-2H3,(H,31,35)(H,32,34)(H,36,37);3-4H2,1-2H3/t27-;/m0./s1. The van der Waals surface area contributed by atoms with Gasteiger partial charge in [0.25, 0.3) is 0 Å². The molecule has 0 aliphatic heterocycles. The molecule has 240 valence electrons. The zero-order valence-corrected chi connectivity index (χ0v) is 28.0. The number of rotatable bonds is 18. The third kappa shape index (κ3) is 14.1. The highest BCUT2D eigenvalue weighted by Crippen LogP contribution is 2.20. The van der Waals surface area contributed by atoms with Crippen LogP contribution < -0.4 is 15.4 Å². The number of hydrogen-bond acceptors (Lipinski definition) is 7. The molecule has 0 saturated carbocycles. The fourth-order valence-electron chi connectivity index (χ4n) is 4.21. The zero-order valence-electron chi connectivity index (χ0n) is 26.3. The van der Waals surface area contributed by atoms with Crippen molar-refractivity contribution >= 4 is 52.1 Å². The minimum absolute atomic E-state index is 0.0222. The van der Waals surface area contributed by atoms with Gasteiger partial charge >= 0.3 is 5.97 Å². The van der Waals surface area contributed by atoms with Crippen LogP contribution in [0.5, 0.6) is 5.75 Å². The summed E-state index contributed by atoms with van der Waals surface area (Å²) in [7, 11) is 1.63. The van der Waals surface area contributed by atoms with Crippen LogP contribution in [0.4, 0.5) is 0 Å². The fraction of sp³-hybridized carbons (Fsp3) is 0.441. The number of thioether (sulfide) groups is 2. The lowest BCUT2D eigenvalue weighted by Gasteiger charge is -2.24. The Bertz CT molecular complexity index is 1280. The second-order valence-corrected chi connectivity index (χ2v) is 12.3. The summed E-state index contributed by atoms with van der Waals surface area (Å²) in [6.07, 6.45) is 4.90. The molecule has 0 bridgehead atoms. The Morgan fingerprint density at radius 1 is 0.955 bits per heavy atom. The first-order chi connectivity index (χ1) is 21.3. The van der Waals surface area contributed by atoms with Crippen molar-refractivity contribution < 1.29 is 24.2 Å². The van der Waals surface area contributed by atoms with Crippen molar-refractivity contribution in [2.45, 2.75) is 51.4 Å². The smallest absolute Gasteiger partial charge is 0.326 e. The number of unbranched alkanes of at least 4 members (excludes halogenated alkanes) is 1. The molecule has 0 unspecified atom stereocenters. The highest BCUT2D eigenvalue weighted by molar-refractivity contribution is 7.99. The largest absolute Gasteiger partial charge is 0.497 e. The molecule has 0 radical (unpaired) electrons. The van der Waals surface area contributed by atoms with Crippen molar-refractivity contribution in [3.05, 3.63) is 77.9 Å². The van der Waals surface area contributed by atoms with Crippen LogP contribution in [0.25, 0.3) is 10.8 Å². The molecular formula is C34H47N3O5S2. The van der Waals surface area contributed by atoms with E-state index >= 15 is 0 Å². The lowest BCUT2D eigenvalue weighted by molar-refractivity contribution is -0.142. The molecule has 10 heteroatoms. The van der Waals surface area contributed by atoms with E-state index in [1.54, 1.807) is 7.11 Å². The number of fused-ring (bicyclic) bond motifs is 1. The Morgan fingerprint density at radius 2 is 1.66 bits per heavy atom. The number of nitrogens with zero attached hydrogens (tertiary/aromatic N) is 1. The number of nitrogens with one attached hydrogen (secondary N) is 2. The van der Waals surface area contributed by atoms with E-state index in [1.165, 1.54) is 36.4 Å². The third-order valence-electron chi connectivity index (χ3n) is 6.80. The van der Waals surface area contributed by atoms with Crippen LogP contribution in [0.2, 0.25) is 0 Å². The summed E-state index contributed by atoms with van der Waals surface area (Å²) in [6, 6.07) is 21.0. The molecular weight excluding hydrogens is 595 g/mol. The molecule has 44 heavy (non-hydrogen) atoms. The van der Waals surface area contributed by atoms with E-state index in [1.807, 2.05) is 77.9 Å². The molecule has 3 aromatic carbocycles. The molecule has 0 aromatic heterocycles. The number of carbonyl (C=O) groups excluding carboxylic acids is 2. The van der Waals surface area contributed by atoms with Gasteiger partial charge in [-0.05, 0) is 52.5 Å². The number of amides is 2. The number of aliphatic carboxylic acids is 1. The van der Waals surface area contributed by atoms with Crippen LogP contribution in [0.3, 0.4) is 0 Å². The molecule has 0 fully saturated rings. The first-order valence-electron chi connectivity index (χ1n) is 15.0. The van der Waals surface area contributed by atoms with Gasteiger partial charge in [0.2, 0.25) is 11.8 Å². The van der Waals surface area contributed by atoms with E-state index < -0.39 is 12.0 Å². The van der Waals surface area contributed by atoms with E-state index in [0.717, 1.165) is 27.6 Å². The van der Waals surface area contributed by atoms with Crippen LogP contribution >= 0.6 is 23.5 Å². The van der Waals surface area contributed by atoms with Crippen molar-refractivity contribution in [1.82, 2.24) is 15.5 Å².